The number of hydrogen-bond acceptors (Lipinski definition) is 0. The molecular weight excluding hydrogens is 319 g/mol. The molecule has 3 rings (SSSR count). The number of hydrogen-bond donors (Lipinski definition) is 0. The second-order valence-corrected chi connectivity index (χ2v) is 3.68. The van der Waals surface area contributed by atoms with Crippen LogP contribution < -0.4 is 12.4 Å². The van der Waals surface area contributed by atoms with Crippen molar-refractivity contribution in [3.05, 3.63) is 60.7 Å². The molecule has 94 valence electrons. The van der Waals surface area contributed by atoms with Crippen LogP contribution in [0.25, 0.3) is 0 Å². The second-order valence-electron chi connectivity index (χ2n) is 3.68. The van der Waals surface area contributed by atoms with E-state index >= 15 is 0 Å². The third kappa shape index (κ3) is 13.9. The van der Waals surface area contributed by atoms with Crippen LogP contribution in [-0.4, -0.2) is 0 Å². The van der Waals surface area contributed by atoms with E-state index in [1.54, 1.807) is 0 Å². The van der Waals surface area contributed by atoms with Crippen LogP contribution in [0.1, 0.15) is 38.5 Å². The molecule has 0 aromatic heterocycles. The van der Waals surface area contributed by atoms with Gasteiger partial charge in [0, 0.05) is 0 Å². The third-order valence-electron chi connectivity index (χ3n) is 2.23. The molecule has 1 aromatic rings. The molecule has 0 atom stereocenters. The number of benzene rings is 1. The van der Waals surface area contributed by atoms with Crippen LogP contribution in [-0.2, 0) is 26.2 Å². The zero-order chi connectivity index (χ0) is 11.3. The van der Waals surface area contributed by atoms with Gasteiger partial charge >= 0.3 is 26.2 Å². The first-order valence-corrected chi connectivity index (χ1v) is 6.01. The molecule has 0 unspecified atom stereocenters. The van der Waals surface area contributed by atoms with Gasteiger partial charge in [-0.3, -0.25) is 12.2 Å². The van der Waals surface area contributed by atoms with Crippen molar-refractivity contribution in [2.45, 2.75) is 38.5 Å². The molecule has 0 aliphatic heterocycles. The molecule has 2 aliphatic rings. The van der Waals surface area contributed by atoms with Crippen molar-refractivity contribution in [1.29, 1.82) is 0 Å². The van der Waals surface area contributed by atoms with E-state index in [1.165, 1.54) is 38.5 Å². The molecular formula is C16H19ClZr. The molecule has 0 saturated heterocycles. The first-order valence-electron chi connectivity index (χ1n) is 6.01. The van der Waals surface area contributed by atoms with Crippen molar-refractivity contribution in [3.8, 4) is 0 Å². The Morgan fingerprint density at radius 3 is 1.33 bits per heavy atom. The molecule has 0 amide bonds. The molecule has 0 heterocycles. The van der Waals surface area contributed by atoms with E-state index in [4.69, 9.17) is 0 Å². The Labute approximate surface area is 137 Å². The minimum absolute atomic E-state index is 0. The van der Waals surface area contributed by atoms with E-state index in [1.807, 2.05) is 30.3 Å². The Balaban J connectivity index is 0. The maximum Gasteiger partial charge on any atom is 4.00 e. The fourth-order valence-corrected chi connectivity index (χ4v) is 1.36. The Hall–Kier alpha value is -0.127. The molecule has 0 nitrogen and oxygen atoms in total. The van der Waals surface area contributed by atoms with Gasteiger partial charge in [0.2, 0.25) is 0 Å². The Bertz CT molecular complexity index is 239. The van der Waals surface area contributed by atoms with Gasteiger partial charge in [-0.25, -0.2) is 0 Å². The molecule has 0 bridgehead atoms. The normalized spacial score (nSPS) is 14.2. The van der Waals surface area contributed by atoms with Gasteiger partial charge in [0.05, 0.1) is 0 Å². The van der Waals surface area contributed by atoms with Gasteiger partial charge in [-0.05, 0) is 0 Å². The Morgan fingerprint density at radius 1 is 0.722 bits per heavy atom. The maximum absolute atomic E-state index is 3.10. The van der Waals surface area contributed by atoms with Crippen molar-refractivity contribution in [2.75, 3.05) is 0 Å². The summed E-state index contributed by atoms with van der Waals surface area (Å²) in [5, 5.41) is 0. The summed E-state index contributed by atoms with van der Waals surface area (Å²) < 4.78 is 0. The van der Waals surface area contributed by atoms with Crippen molar-refractivity contribution < 1.29 is 38.6 Å². The summed E-state index contributed by atoms with van der Waals surface area (Å²) in [6, 6.07) is 12.5. The summed E-state index contributed by atoms with van der Waals surface area (Å²) in [5.41, 5.74) is 0. The monoisotopic (exact) mass is 336 g/mol. The molecule has 2 heteroatoms. The van der Waals surface area contributed by atoms with E-state index in [0.29, 0.717) is 0 Å². The molecule has 2 aliphatic carbocycles. The SMILES string of the molecule is [C-]1=CCCC1.[C-]1=CCCC1.[Cl-].[Zr+4].[c-]1ccccc1. The van der Waals surface area contributed by atoms with Gasteiger partial charge in [0.1, 0.15) is 0 Å². The number of rotatable bonds is 0. The summed E-state index contributed by atoms with van der Waals surface area (Å²) in [7, 11) is 0. The molecule has 18 heavy (non-hydrogen) atoms. The molecule has 0 N–H and O–H groups in total. The predicted octanol–water partition coefficient (Wildman–Crippen LogP) is 1.55. The Morgan fingerprint density at radius 2 is 1.22 bits per heavy atom. The Kier molecular flexibility index (Phi) is 18.9. The molecule has 0 saturated carbocycles. The molecule has 0 spiro atoms. The van der Waals surface area contributed by atoms with Crippen molar-refractivity contribution >= 4 is 0 Å². The van der Waals surface area contributed by atoms with Gasteiger partial charge in [-0.2, -0.15) is 49.2 Å². The van der Waals surface area contributed by atoms with Crippen LogP contribution in [0.2, 0.25) is 0 Å². The minimum atomic E-state index is 0. The van der Waals surface area contributed by atoms with E-state index < -0.39 is 0 Å². The fourth-order valence-electron chi connectivity index (χ4n) is 1.36. The molecule has 1 aromatic carbocycles. The van der Waals surface area contributed by atoms with Crippen molar-refractivity contribution in [1.82, 2.24) is 0 Å². The average molecular weight is 338 g/mol. The van der Waals surface area contributed by atoms with E-state index in [-0.39, 0.29) is 38.6 Å². The van der Waals surface area contributed by atoms with Crippen LogP contribution >= 0.6 is 0 Å². The first-order chi connectivity index (χ1) is 8.00. The zero-order valence-electron chi connectivity index (χ0n) is 10.7. The summed E-state index contributed by atoms with van der Waals surface area (Å²) in [6.45, 7) is 0. The van der Waals surface area contributed by atoms with Crippen molar-refractivity contribution in [3.63, 3.8) is 0 Å². The molecule has 0 radical (unpaired) electrons. The standard InChI is InChI=1S/C6H5.2C5H7.ClH.Zr/c1-2-4-6-5-3-1;2*1-2-4-5-3-1;;/h1-5H;2*1H,2,4-5H2;1H;/q3*-1;;+4/p-1. The van der Waals surface area contributed by atoms with Gasteiger partial charge in [-0.1, -0.05) is 25.7 Å². The van der Waals surface area contributed by atoms with Crippen LogP contribution in [0.3, 0.4) is 0 Å². The van der Waals surface area contributed by atoms with Crippen LogP contribution in [0.5, 0.6) is 0 Å². The largest absolute Gasteiger partial charge is 4.00 e. The van der Waals surface area contributed by atoms with E-state index in [2.05, 4.69) is 30.4 Å². The zero-order valence-corrected chi connectivity index (χ0v) is 13.9. The minimum Gasteiger partial charge on any atom is -1.00 e. The number of allylic oxidation sites excluding steroid dienone is 4. The summed E-state index contributed by atoms with van der Waals surface area (Å²) in [4.78, 5) is 0. The topological polar surface area (TPSA) is 0 Å². The summed E-state index contributed by atoms with van der Waals surface area (Å²) in [5.74, 6) is 0. The van der Waals surface area contributed by atoms with Gasteiger partial charge in [0.15, 0.2) is 0 Å². The maximum atomic E-state index is 3.10. The first kappa shape index (κ1) is 20.2. The quantitative estimate of drug-likeness (QED) is 0.630. The van der Waals surface area contributed by atoms with Gasteiger partial charge in [0.25, 0.3) is 0 Å². The molecule has 0 fully saturated rings. The average Bonchev–Trinajstić information content (AvgIpc) is 3.10. The van der Waals surface area contributed by atoms with E-state index in [9.17, 15) is 0 Å². The van der Waals surface area contributed by atoms with Gasteiger partial charge in [-0.15, -0.1) is 0 Å². The second kappa shape index (κ2) is 16.9. The van der Waals surface area contributed by atoms with Crippen LogP contribution in [0.15, 0.2) is 42.5 Å². The van der Waals surface area contributed by atoms with E-state index in [0.717, 1.165) is 0 Å². The fraction of sp³-hybridized carbons (Fsp3) is 0.375. The van der Waals surface area contributed by atoms with Crippen molar-refractivity contribution in [2.24, 2.45) is 0 Å². The van der Waals surface area contributed by atoms with Crippen LogP contribution in [0.4, 0.5) is 0 Å². The van der Waals surface area contributed by atoms with Gasteiger partial charge < -0.3 is 24.6 Å². The summed E-state index contributed by atoms with van der Waals surface area (Å²) in [6.07, 6.45) is 18.0. The summed E-state index contributed by atoms with van der Waals surface area (Å²) >= 11 is 0. The third-order valence-corrected chi connectivity index (χ3v) is 2.23. The predicted molar refractivity (Wildman–Crippen MR) is 68.6 cm³/mol. The smallest absolute Gasteiger partial charge is 1.00 e. The number of halogens is 1. The van der Waals surface area contributed by atoms with Crippen LogP contribution in [0, 0.1) is 18.2 Å².